The number of anilines is 1. The molecule has 0 saturated carbocycles. The highest BCUT2D eigenvalue weighted by Crippen LogP contribution is 2.28. The van der Waals surface area contributed by atoms with Crippen LogP contribution in [0.2, 0.25) is 0 Å². The first-order valence-corrected chi connectivity index (χ1v) is 7.52. The molecule has 0 aliphatic rings. The Kier molecular flexibility index (Phi) is 7.11. The summed E-state index contributed by atoms with van der Waals surface area (Å²) in [5.41, 5.74) is 2.59. The monoisotopic (exact) mass is 273 g/mol. The van der Waals surface area contributed by atoms with Gasteiger partial charge in [0.2, 0.25) is 0 Å². The Morgan fingerprint density at radius 3 is 2.55 bits per heavy atom. The first kappa shape index (κ1) is 16.5. The summed E-state index contributed by atoms with van der Waals surface area (Å²) in [6.45, 7) is 8.42. The lowest BCUT2D eigenvalue weighted by Crippen LogP contribution is -2.30. The van der Waals surface area contributed by atoms with Gasteiger partial charge in [-0.2, -0.15) is 5.26 Å². The van der Waals surface area contributed by atoms with E-state index in [1.807, 2.05) is 7.05 Å². The summed E-state index contributed by atoms with van der Waals surface area (Å²) in [6, 6.07) is 11.2. The van der Waals surface area contributed by atoms with Crippen LogP contribution in [-0.4, -0.2) is 20.1 Å². The molecule has 1 N–H and O–H groups in total. The third-order valence-electron chi connectivity index (χ3n) is 3.49. The van der Waals surface area contributed by atoms with E-state index in [1.54, 1.807) is 0 Å². The second kappa shape index (κ2) is 8.60. The van der Waals surface area contributed by atoms with E-state index in [1.165, 1.54) is 11.3 Å². The molecule has 0 amide bonds. The van der Waals surface area contributed by atoms with E-state index >= 15 is 0 Å². The normalized spacial score (nSPS) is 12.2. The Balaban J connectivity index is 3.08. The van der Waals surface area contributed by atoms with Crippen molar-refractivity contribution in [1.29, 1.82) is 5.26 Å². The van der Waals surface area contributed by atoms with Crippen LogP contribution in [-0.2, 0) is 0 Å². The number of benzene rings is 1. The van der Waals surface area contributed by atoms with Crippen LogP contribution < -0.4 is 10.2 Å². The van der Waals surface area contributed by atoms with Crippen LogP contribution in [0.15, 0.2) is 24.3 Å². The SMILES string of the molecule is CCC(NC)c1ccccc1N(CCC#N)CC(C)C. The molecular weight excluding hydrogens is 246 g/mol. The summed E-state index contributed by atoms with van der Waals surface area (Å²) in [5.74, 6) is 0.580. The van der Waals surface area contributed by atoms with E-state index in [4.69, 9.17) is 5.26 Å². The molecule has 1 atom stereocenters. The number of hydrogen-bond acceptors (Lipinski definition) is 3. The van der Waals surface area contributed by atoms with Crippen LogP contribution in [0.1, 0.15) is 45.2 Å². The molecule has 1 aromatic carbocycles. The van der Waals surface area contributed by atoms with Gasteiger partial charge in [0, 0.05) is 24.8 Å². The standard InChI is InChI=1S/C17H27N3/c1-5-16(19-4)15-9-6-7-10-17(15)20(12-8-11-18)13-14(2)3/h6-7,9-10,14,16,19H,5,8,12-13H2,1-4H3. The minimum absolute atomic E-state index is 0.364. The number of nitrogens with one attached hydrogen (secondary N) is 1. The number of nitriles is 1. The molecule has 0 bridgehead atoms. The van der Waals surface area contributed by atoms with Gasteiger partial charge in [-0.1, -0.05) is 39.0 Å². The van der Waals surface area contributed by atoms with E-state index in [9.17, 15) is 0 Å². The van der Waals surface area contributed by atoms with Crippen molar-refractivity contribution >= 4 is 5.69 Å². The predicted molar refractivity (Wildman–Crippen MR) is 85.8 cm³/mol. The van der Waals surface area contributed by atoms with Gasteiger partial charge in [-0.3, -0.25) is 0 Å². The average Bonchev–Trinajstić information content (AvgIpc) is 2.45. The van der Waals surface area contributed by atoms with Crippen molar-refractivity contribution in [3.8, 4) is 6.07 Å². The molecule has 0 aromatic heterocycles. The summed E-state index contributed by atoms with van der Waals surface area (Å²) in [5, 5.41) is 12.3. The minimum Gasteiger partial charge on any atom is -0.370 e. The quantitative estimate of drug-likeness (QED) is 0.784. The van der Waals surface area contributed by atoms with E-state index in [0.29, 0.717) is 18.4 Å². The maximum Gasteiger partial charge on any atom is 0.0640 e. The van der Waals surface area contributed by atoms with Gasteiger partial charge >= 0.3 is 0 Å². The summed E-state index contributed by atoms with van der Waals surface area (Å²) < 4.78 is 0. The zero-order valence-electron chi connectivity index (χ0n) is 13.2. The molecule has 0 aliphatic carbocycles. The van der Waals surface area contributed by atoms with Crippen molar-refractivity contribution in [1.82, 2.24) is 5.32 Å². The van der Waals surface area contributed by atoms with Crippen LogP contribution >= 0.6 is 0 Å². The van der Waals surface area contributed by atoms with Crippen LogP contribution in [0.3, 0.4) is 0 Å². The Bertz CT molecular complexity index is 430. The van der Waals surface area contributed by atoms with E-state index in [-0.39, 0.29) is 0 Å². The number of para-hydroxylation sites is 1. The van der Waals surface area contributed by atoms with Crippen molar-refractivity contribution in [2.24, 2.45) is 5.92 Å². The molecule has 110 valence electrons. The molecule has 0 heterocycles. The molecule has 0 fully saturated rings. The molecule has 3 heteroatoms. The lowest BCUT2D eigenvalue weighted by molar-refractivity contribution is 0.566. The maximum absolute atomic E-state index is 8.88. The highest BCUT2D eigenvalue weighted by molar-refractivity contribution is 5.55. The summed E-state index contributed by atoms with van der Waals surface area (Å²) in [6.07, 6.45) is 1.62. The first-order valence-electron chi connectivity index (χ1n) is 7.52. The fraction of sp³-hybridized carbons (Fsp3) is 0.588. The molecule has 0 radical (unpaired) electrons. The zero-order valence-corrected chi connectivity index (χ0v) is 13.2. The smallest absolute Gasteiger partial charge is 0.0640 e. The number of hydrogen-bond donors (Lipinski definition) is 1. The fourth-order valence-corrected chi connectivity index (χ4v) is 2.59. The van der Waals surface area contributed by atoms with Gasteiger partial charge in [-0.15, -0.1) is 0 Å². The summed E-state index contributed by atoms with van der Waals surface area (Å²) in [7, 11) is 2.01. The van der Waals surface area contributed by atoms with E-state index in [0.717, 1.165) is 19.5 Å². The van der Waals surface area contributed by atoms with Crippen molar-refractivity contribution in [3.63, 3.8) is 0 Å². The first-order chi connectivity index (χ1) is 9.63. The van der Waals surface area contributed by atoms with Gasteiger partial charge in [-0.05, 0) is 31.0 Å². The molecule has 1 aromatic rings. The van der Waals surface area contributed by atoms with Crippen molar-refractivity contribution < 1.29 is 0 Å². The second-order valence-electron chi connectivity index (χ2n) is 5.56. The molecule has 1 unspecified atom stereocenters. The average molecular weight is 273 g/mol. The molecule has 3 nitrogen and oxygen atoms in total. The van der Waals surface area contributed by atoms with Gasteiger partial charge < -0.3 is 10.2 Å². The van der Waals surface area contributed by atoms with Crippen LogP contribution in [0.4, 0.5) is 5.69 Å². The zero-order chi connectivity index (χ0) is 15.0. The van der Waals surface area contributed by atoms with Crippen LogP contribution in [0, 0.1) is 17.2 Å². The fourth-order valence-electron chi connectivity index (χ4n) is 2.59. The number of nitrogens with zero attached hydrogens (tertiary/aromatic N) is 2. The molecule has 0 spiro atoms. The molecule has 0 aliphatic heterocycles. The third-order valence-corrected chi connectivity index (χ3v) is 3.49. The van der Waals surface area contributed by atoms with Gasteiger partial charge in [0.1, 0.15) is 0 Å². The van der Waals surface area contributed by atoms with Gasteiger partial charge in [-0.25, -0.2) is 0 Å². The molecule has 20 heavy (non-hydrogen) atoms. The second-order valence-corrected chi connectivity index (χ2v) is 5.56. The predicted octanol–water partition coefficient (Wildman–Crippen LogP) is 3.73. The Morgan fingerprint density at radius 2 is 2.00 bits per heavy atom. The maximum atomic E-state index is 8.88. The van der Waals surface area contributed by atoms with Gasteiger partial charge in [0.25, 0.3) is 0 Å². The highest BCUT2D eigenvalue weighted by Gasteiger charge is 2.16. The van der Waals surface area contributed by atoms with Gasteiger partial charge in [0.05, 0.1) is 12.5 Å². The van der Waals surface area contributed by atoms with Gasteiger partial charge in [0.15, 0.2) is 0 Å². The topological polar surface area (TPSA) is 39.1 Å². The van der Waals surface area contributed by atoms with E-state index < -0.39 is 0 Å². The summed E-state index contributed by atoms with van der Waals surface area (Å²) in [4.78, 5) is 2.35. The highest BCUT2D eigenvalue weighted by atomic mass is 15.1. The van der Waals surface area contributed by atoms with Crippen molar-refractivity contribution in [2.45, 2.75) is 39.7 Å². The third kappa shape index (κ3) is 4.54. The molecular formula is C17H27N3. The lowest BCUT2D eigenvalue weighted by atomic mass is 10.0. The van der Waals surface area contributed by atoms with Crippen LogP contribution in [0.5, 0.6) is 0 Å². The van der Waals surface area contributed by atoms with Crippen LogP contribution in [0.25, 0.3) is 0 Å². The minimum atomic E-state index is 0.364. The largest absolute Gasteiger partial charge is 0.370 e. The number of rotatable bonds is 8. The van der Waals surface area contributed by atoms with Crippen molar-refractivity contribution in [3.05, 3.63) is 29.8 Å². The molecule has 0 saturated heterocycles. The van der Waals surface area contributed by atoms with E-state index in [2.05, 4.69) is 61.3 Å². The van der Waals surface area contributed by atoms with Crippen molar-refractivity contribution in [2.75, 3.05) is 25.0 Å². The Morgan fingerprint density at radius 1 is 1.30 bits per heavy atom. The Hall–Kier alpha value is -1.53. The lowest BCUT2D eigenvalue weighted by Gasteiger charge is -2.30. The Labute approximate surface area is 123 Å². The summed E-state index contributed by atoms with van der Waals surface area (Å²) >= 11 is 0. The molecule has 1 rings (SSSR count).